The van der Waals surface area contributed by atoms with Crippen molar-refractivity contribution >= 4 is 56.6 Å². The zero-order chi connectivity index (χ0) is 15.2. The number of benzene rings is 2. The molecule has 2 aromatic rings. The number of thioether (sulfide) groups is 1. The molecule has 0 aromatic heterocycles. The lowest BCUT2D eigenvalue weighted by atomic mass is 10.2. The molecule has 1 amide bonds. The van der Waals surface area contributed by atoms with Crippen LogP contribution in [0.15, 0.2) is 51.8 Å². The van der Waals surface area contributed by atoms with Crippen LogP contribution in [0.5, 0.6) is 0 Å². The second-order valence-electron chi connectivity index (χ2n) is 4.34. The lowest BCUT2D eigenvalue weighted by Gasteiger charge is -2.08. The molecule has 0 saturated carbocycles. The predicted molar refractivity (Wildman–Crippen MR) is 94.0 cm³/mol. The SMILES string of the molecule is Nc1ccc(Cl)cc1NC(=O)CCSc1cccc(Br)c1. The van der Waals surface area contributed by atoms with Gasteiger partial charge in [-0.15, -0.1) is 11.8 Å². The van der Waals surface area contributed by atoms with Crippen molar-refractivity contribution in [3.63, 3.8) is 0 Å². The fourth-order valence-electron chi connectivity index (χ4n) is 1.67. The summed E-state index contributed by atoms with van der Waals surface area (Å²) in [6, 6.07) is 13.0. The van der Waals surface area contributed by atoms with Crippen molar-refractivity contribution in [3.8, 4) is 0 Å². The van der Waals surface area contributed by atoms with Gasteiger partial charge in [0.1, 0.15) is 0 Å². The maximum absolute atomic E-state index is 11.9. The Hall–Kier alpha value is -1.17. The van der Waals surface area contributed by atoms with Gasteiger partial charge in [0.05, 0.1) is 11.4 Å². The third kappa shape index (κ3) is 5.26. The number of nitrogens with two attached hydrogens (primary N) is 1. The highest BCUT2D eigenvalue weighted by molar-refractivity contribution is 9.10. The summed E-state index contributed by atoms with van der Waals surface area (Å²) in [4.78, 5) is 13.0. The van der Waals surface area contributed by atoms with Crippen molar-refractivity contribution in [1.82, 2.24) is 0 Å². The molecular weight excluding hydrogens is 372 g/mol. The van der Waals surface area contributed by atoms with Crippen molar-refractivity contribution in [2.75, 3.05) is 16.8 Å². The van der Waals surface area contributed by atoms with Gasteiger partial charge in [0, 0.05) is 26.6 Å². The molecular formula is C15H14BrClN2OS. The van der Waals surface area contributed by atoms with E-state index in [0.29, 0.717) is 28.6 Å². The van der Waals surface area contributed by atoms with E-state index in [1.54, 1.807) is 30.0 Å². The number of nitrogens with one attached hydrogen (secondary N) is 1. The highest BCUT2D eigenvalue weighted by atomic mass is 79.9. The van der Waals surface area contributed by atoms with Gasteiger partial charge in [0.25, 0.3) is 0 Å². The Morgan fingerprint density at radius 1 is 1.29 bits per heavy atom. The van der Waals surface area contributed by atoms with E-state index in [4.69, 9.17) is 17.3 Å². The van der Waals surface area contributed by atoms with Crippen molar-refractivity contribution in [2.24, 2.45) is 0 Å². The molecule has 0 bridgehead atoms. The van der Waals surface area contributed by atoms with E-state index in [1.807, 2.05) is 24.3 Å². The molecule has 2 rings (SSSR count). The summed E-state index contributed by atoms with van der Waals surface area (Å²) in [5.41, 5.74) is 6.85. The second-order valence-corrected chi connectivity index (χ2v) is 6.86. The van der Waals surface area contributed by atoms with Crippen LogP contribution in [0.4, 0.5) is 11.4 Å². The Balaban J connectivity index is 1.84. The molecule has 0 aliphatic carbocycles. The lowest BCUT2D eigenvalue weighted by molar-refractivity contribution is -0.115. The van der Waals surface area contributed by atoms with Gasteiger partial charge in [-0.05, 0) is 36.4 Å². The molecule has 0 heterocycles. The van der Waals surface area contributed by atoms with E-state index >= 15 is 0 Å². The standard InChI is InChI=1S/C15H14BrClN2OS/c16-10-2-1-3-12(8-10)21-7-6-15(20)19-14-9-11(17)4-5-13(14)18/h1-5,8-9H,6-7,18H2,(H,19,20). The minimum absolute atomic E-state index is 0.0773. The van der Waals surface area contributed by atoms with E-state index < -0.39 is 0 Å². The highest BCUT2D eigenvalue weighted by Crippen LogP contribution is 2.24. The van der Waals surface area contributed by atoms with Gasteiger partial charge in [-0.25, -0.2) is 0 Å². The van der Waals surface area contributed by atoms with Gasteiger partial charge in [0.15, 0.2) is 0 Å². The Bertz CT molecular complexity index is 651. The number of carbonyl (C=O) groups is 1. The largest absolute Gasteiger partial charge is 0.397 e. The van der Waals surface area contributed by atoms with Crippen LogP contribution >= 0.6 is 39.3 Å². The Kier molecular flexibility index (Phi) is 5.96. The molecule has 0 fully saturated rings. The first-order chi connectivity index (χ1) is 10.0. The van der Waals surface area contributed by atoms with Crippen molar-refractivity contribution in [3.05, 3.63) is 52.0 Å². The summed E-state index contributed by atoms with van der Waals surface area (Å²) in [5.74, 6) is 0.620. The molecule has 6 heteroatoms. The molecule has 110 valence electrons. The topological polar surface area (TPSA) is 55.1 Å². The van der Waals surface area contributed by atoms with E-state index in [0.717, 1.165) is 9.37 Å². The Morgan fingerprint density at radius 3 is 2.86 bits per heavy atom. The van der Waals surface area contributed by atoms with Crippen molar-refractivity contribution in [1.29, 1.82) is 0 Å². The summed E-state index contributed by atoms with van der Waals surface area (Å²) in [7, 11) is 0. The quantitative estimate of drug-likeness (QED) is 0.574. The average Bonchev–Trinajstić information content (AvgIpc) is 2.43. The number of halogens is 2. The molecule has 3 nitrogen and oxygen atoms in total. The fraction of sp³-hybridized carbons (Fsp3) is 0.133. The van der Waals surface area contributed by atoms with E-state index in [9.17, 15) is 4.79 Å². The van der Waals surface area contributed by atoms with Crippen LogP contribution in [0.25, 0.3) is 0 Å². The van der Waals surface area contributed by atoms with Crippen LogP contribution in [0.1, 0.15) is 6.42 Å². The first-order valence-corrected chi connectivity index (χ1v) is 8.43. The van der Waals surface area contributed by atoms with Crippen molar-refractivity contribution in [2.45, 2.75) is 11.3 Å². The van der Waals surface area contributed by atoms with Gasteiger partial charge in [-0.3, -0.25) is 4.79 Å². The van der Waals surface area contributed by atoms with Gasteiger partial charge >= 0.3 is 0 Å². The molecule has 2 aromatic carbocycles. The number of hydrogen-bond acceptors (Lipinski definition) is 3. The van der Waals surface area contributed by atoms with Crippen LogP contribution in [-0.2, 0) is 4.79 Å². The summed E-state index contributed by atoms with van der Waals surface area (Å²) >= 11 is 10.9. The average molecular weight is 386 g/mol. The third-order valence-electron chi connectivity index (χ3n) is 2.68. The number of amides is 1. The summed E-state index contributed by atoms with van der Waals surface area (Å²) in [5, 5.41) is 3.32. The normalized spacial score (nSPS) is 10.4. The summed E-state index contributed by atoms with van der Waals surface area (Å²) < 4.78 is 1.03. The van der Waals surface area contributed by atoms with E-state index in [-0.39, 0.29) is 5.91 Å². The Labute approximate surface area is 141 Å². The molecule has 0 saturated heterocycles. The molecule has 0 radical (unpaired) electrons. The molecule has 0 aliphatic rings. The van der Waals surface area contributed by atoms with Gasteiger partial charge in [-0.2, -0.15) is 0 Å². The van der Waals surface area contributed by atoms with Crippen LogP contribution in [0, 0.1) is 0 Å². The molecule has 21 heavy (non-hydrogen) atoms. The number of nitrogen functional groups attached to an aromatic ring is 1. The molecule has 0 aliphatic heterocycles. The number of anilines is 2. The zero-order valence-electron chi connectivity index (χ0n) is 11.1. The van der Waals surface area contributed by atoms with Crippen molar-refractivity contribution < 1.29 is 4.79 Å². The van der Waals surface area contributed by atoms with Crippen LogP contribution in [0.3, 0.4) is 0 Å². The lowest BCUT2D eigenvalue weighted by Crippen LogP contribution is -2.13. The van der Waals surface area contributed by atoms with Crippen LogP contribution in [-0.4, -0.2) is 11.7 Å². The Morgan fingerprint density at radius 2 is 2.10 bits per heavy atom. The van der Waals surface area contributed by atoms with Crippen LogP contribution < -0.4 is 11.1 Å². The smallest absolute Gasteiger partial charge is 0.225 e. The van der Waals surface area contributed by atoms with E-state index in [1.165, 1.54) is 0 Å². The summed E-state index contributed by atoms with van der Waals surface area (Å²) in [6.07, 6.45) is 0.406. The zero-order valence-corrected chi connectivity index (χ0v) is 14.3. The minimum Gasteiger partial charge on any atom is -0.397 e. The monoisotopic (exact) mass is 384 g/mol. The first-order valence-electron chi connectivity index (χ1n) is 6.28. The fourth-order valence-corrected chi connectivity index (χ4v) is 3.30. The summed E-state index contributed by atoms with van der Waals surface area (Å²) in [6.45, 7) is 0. The maximum atomic E-state index is 11.9. The number of rotatable bonds is 5. The highest BCUT2D eigenvalue weighted by Gasteiger charge is 2.06. The van der Waals surface area contributed by atoms with E-state index in [2.05, 4.69) is 21.2 Å². The second kappa shape index (κ2) is 7.73. The van der Waals surface area contributed by atoms with Crippen LogP contribution in [0.2, 0.25) is 5.02 Å². The first kappa shape index (κ1) is 16.2. The number of hydrogen-bond donors (Lipinski definition) is 2. The van der Waals surface area contributed by atoms with Gasteiger partial charge in [0.2, 0.25) is 5.91 Å². The molecule has 0 unspecified atom stereocenters. The molecule has 0 atom stereocenters. The maximum Gasteiger partial charge on any atom is 0.225 e. The minimum atomic E-state index is -0.0773. The predicted octanol–water partition coefficient (Wildman–Crippen LogP) is 4.81. The number of carbonyl (C=O) groups excluding carboxylic acids is 1. The third-order valence-corrected chi connectivity index (χ3v) is 4.41. The molecule has 0 spiro atoms. The molecule has 3 N–H and O–H groups in total. The van der Waals surface area contributed by atoms with Gasteiger partial charge in [-0.1, -0.05) is 33.6 Å². The van der Waals surface area contributed by atoms with Gasteiger partial charge < -0.3 is 11.1 Å².